The number of thiophene rings is 1. The Labute approximate surface area is 189 Å². The number of methoxy groups -OCH3 is 1. The Balaban J connectivity index is 1.49. The second kappa shape index (κ2) is 8.06. The Kier molecular flexibility index (Phi) is 5.21. The number of rotatable bonds is 5. The van der Waals surface area contributed by atoms with Gasteiger partial charge in [-0.2, -0.15) is 0 Å². The Morgan fingerprint density at radius 2 is 1.75 bits per heavy atom. The van der Waals surface area contributed by atoms with Crippen molar-refractivity contribution in [2.45, 2.75) is 19.3 Å². The maximum absolute atomic E-state index is 13.2. The molecule has 2 fully saturated rings. The number of carbonyl (C=O) groups is 3. The van der Waals surface area contributed by atoms with Crippen molar-refractivity contribution < 1.29 is 24.2 Å². The lowest BCUT2D eigenvalue weighted by Crippen LogP contribution is -2.37. The molecule has 2 N–H and O–H groups in total. The molecule has 2 aliphatic rings. The van der Waals surface area contributed by atoms with Crippen LogP contribution < -0.4 is 5.32 Å². The molecular formula is C25H23NO5S. The van der Waals surface area contributed by atoms with Crippen LogP contribution in [0, 0.1) is 23.7 Å². The fraction of sp³-hybridized carbons (Fsp3) is 0.320. The number of anilines is 1. The van der Waals surface area contributed by atoms with Crippen LogP contribution in [-0.4, -0.2) is 30.1 Å². The number of amides is 1. The lowest BCUT2D eigenvalue weighted by atomic mass is 9.78. The average Bonchev–Trinajstić information content (AvgIpc) is 3.52. The Hall–Kier alpha value is -3.19. The van der Waals surface area contributed by atoms with Gasteiger partial charge in [0, 0.05) is 10.9 Å². The number of nitrogens with one attached hydrogen (secondary N) is 1. The second-order valence-corrected chi connectivity index (χ2v) is 9.50. The maximum atomic E-state index is 13.2. The first kappa shape index (κ1) is 20.7. The first-order chi connectivity index (χ1) is 15.5. The SMILES string of the molecule is COC(=O)c1c(-c2ccc3ccccc3c2)csc1NC(=O)[C@@H]1[C@@H]2CC[C@@H](C2)[C@@H]1C(=O)O. The number of esters is 1. The highest BCUT2D eigenvalue weighted by atomic mass is 32.1. The van der Waals surface area contributed by atoms with E-state index in [2.05, 4.69) is 5.32 Å². The van der Waals surface area contributed by atoms with Crippen molar-refractivity contribution in [2.24, 2.45) is 23.7 Å². The summed E-state index contributed by atoms with van der Waals surface area (Å²) in [4.78, 5) is 37.7. The number of benzene rings is 2. The second-order valence-electron chi connectivity index (χ2n) is 8.62. The molecule has 2 aliphatic carbocycles. The van der Waals surface area contributed by atoms with E-state index in [9.17, 15) is 19.5 Å². The Bertz CT molecular complexity index is 1230. The standard InChI is InChI=1S/C25H23NO5S/c1-31-25(30)21-18(15-7-6-13-4-2-3-5-14(13)10-15)12-32-23(21)26-22(27)19-16-8-9-17(11-16)20(19)24(28)29/h2-7,10,12,16-17,19-20H,8-9,11H2,1H3,(H,26,27)(H,28,29)/t16-,17+,19-,20+/m1/s1. The van der Waals surface area contributed by atoms with E-state index in [1.54, 1.807) is 0 Å². The fourth-order valence-corrected chi connectivity index (χ4v) is 6.50. The molecule has 1 amide bonds. The van der Waals surface area contributed by atoms with Crippen molar-refractivity contribution in [3.8, 4) is 11.1 Å². The number of carbonyl (C=O) groups excluding carboxylic acids is 2. The van der Waals surface area contributed by atoms with Crippen LogP contribution in [0.3, 0.4) is 0 Å². The van der Waals surface area contributed by atoms with Crippen LogP contribution in [0.2, 0.25) is 0 Å². The third-order valence-corrected chi connectivity index (χ3v) is 7.88. The number of hydrogen-bond acceptors (Lipinski definition) is 5. The van der Waals surface area contributed by atoms with Crippen molar-refractivity contribution in [3.05, 3.63) is 53.4 Å². The predicted octanol–water partition coefficient (Wildman–Crippen LogP) is 5.04. The molecule has 164 valence electrons. The van der Waals surface area contributed by atoms with Gasteiger partial charge in [-0.1, -0.05) is 36.4 Å². The minimum absolute atomic E-state index is 0.0600. The highest BCUT2D eigenvalue weighted by Gasteiger charge is 2.54. The summed E-state index contributed by atoms with van der Waals surface area (Å²) in [6.45, 7) is 0. The quantitative estimate of drug-likeness (QED) is 0.533. The van der Waals surface area contributed by atoms with Gasteiger partial charge in [-0.05, 0) is 53.5 Å². The summed E-state index contributed by atoms with van der Waals surface area (Å²) in [5.74, 6) is -2.84. The zero-order chi connectivity index (χ0) is 22.4. The molecule has 0 spiro atoms. The summed E-state index contributed by atoms with van der Waals surface area (Å²) in [6.07, 6.45) is 2.53. The summed E-state index contributed by atoms with van der Waals surface area (Å²) in [7, 11) is 1.31. The van der Waals surface area contributed by atoms with Crippen molar-refractivity contribution in [1.82, 2.24) is 0 Å². The van der Waals surface area contributed by atoms with Crippen LogP contribution in [0.15, 0.2) is 47.8 Å². The zero-order valence-corrected chi connectivity index (χ0v) is 18.4. The number of hydrogen-bond donors (Lipinski definition) is 2. The third kappa shape index (κ3) is 3.37. The van der Waals surface area contributed by atoms with Gasteiger partial charge in [0.2, 0.25) is 5.91 Å². The van der Waals surface area contributed by atoms with E-state index < -0.39 is 23.8 Å². The summed E-state index contributed by atoms with van der Waals surface area (Å²) >= 11 is 1.26. The van der Waals surface area contributed by atoms with Crippen LogP contribution in [0.4, 0.5) is 5.00 Å². The summed E-state index contributed by atoms with van der Waals surface area (Å²) in [5, 5.41) is 16.9. The first-order valence-corrected chi connectivity index (χ1v) is 11.6. The van der Waals surface area contributed by atoms with E-state index in [-0.39, 0.29) is 17.7 Å². The van der Waals surface area contributed by atoms with Gasteiger partial charge in [-0.25, -0.2) is 4.79 Å². The molecule has 6 nitrogen and oxygen atoms in total. The Morgan fingerprint density at radius 3 is 2.47 bits per heavy atom. The third-order valence-electron chi connectivity index (χ3n) is 6.98. The molecule has 32 heavy (non-hydrogen) atoms. The number of ether oxygens (including phenoxy) is 1. The van der Waals surface area contributed by atoms with E-state index >= 15 is 0 Å². The molecule has 0 saturated heterocycles. The van der Waals surface area contributed by atoms with Gasteiger partial charge in [-0.3, -0.25) is 9.59 Å². The number of fused-ring (bicyclic) bond motifs is 3. The summed E-state index contributed by atoms with van der Waals surface area (Å²) < 4.78 is 5.02. The van der Waals surface area contributed by atoms with Crippen molar-refractivity contribution in [2.75, 3.05) is 12.4 Å². The lowest BCUT2D eigenvalue weighted by molar-refractivity contribution is -0.148. The topological polar surface area (TPSA) is 92.7 Å². The minimum atomic E-state index is -0.909. The van der Waals surface area contributed by atoms with E-state index in [1.165, 1.54) is 18.4 Å². The van der Waals surface area contributed by atoms with Crippen LogP contribution in [0.25, 0.3) is 21.9 Å². The van der Waals surface area contributed by atoms with Gasteiger partial charge < -0.3 is 15.2 Å². The molecule has 2 saturated carbocycles. The molecule has 7 heteroatoms. The monoisotopic (exact) mass is 449 g/mol. The molecule has 0 unspecified atom stereocenters. The highest BCUT2D eigenvalue weighted by Crippen LogP contribution is 2.53. The van der Waals surface area contributed by atoms with Gasteiger partial charge >= 0.3 is 11.9 Å². The smallest absolute Gasteiger partial charge is 0.341 e. The number of aliphatic carboxylic acids is 1. The van der Waals surface area contributed by atoms with Crippen LogP contribution in [-0.2, 0) is 14.3 Å². The molecule has 0 aliphatic heterocycles. The largest absolute Gasteiger partial charge is 0.481 e. The van der Waals surface area contributed by atoms with E-state index in [4.69, 9.17) is 4.74 Å². The summed E-state index contributed by atoms with van der Waals surface area (Å²) in [5.41, 5.74) is 1.84. The van der Waals surface area contributed by atoms with Crippen LogP contribution >= 0.6 is 11.3 Å². The van der Waals surface area contributed by atoms with Gasteiger partial charge in [-0.15, -0.1) is 11.3 Å². The van der Waals surface area contributed by atoms with E-state index in [0.29, 0.717) is 16.1 Å². The van der Waals surface area contributed by atoms with Gasteiger partial charge in [0.15, 0.2) is 0 Å². The van der Waals surface area contributed by atoms with Crippen molar-refractivity contribution in [3.63, 3.8) is 0 Å². The minimum Gasteiger partial charge on any atom is -0.481 e. The number of carboxylic acid groups (broad SMARTS) is 1. The molecule has 5 rings (SSSR count). The fourth-order valence-electron chi connectivity index (χ4n) is 5.54. The normalized spacial score (nSPS) is 23.9. The predicted molar refractivity (Wildman–Crippen MR) is 123 cm³/mol. The highest BCUT2D eigenvalue weighted by molar-refractivity contribution is 7.15. The van der Waals surface area contributed by atoms with Gasteiger partial charge in [0.1, 0.15) is 10.6 Å². The van der Waals surface area contributed by atoms with Crippen molar-refractivity contribution >= 4 is 45.0 Å². The molecule has 2 aromatic carbocycles. The molecule has 1 heterocycles. The maximum Gasteiger partial charge on any atom is 0.341 e. The molecular weight excluding hydrogens is 426 g/mol. The van der Waals surface area contributed by atoms with Gasteiger partial charge in [0.25, 0.3) is 0 Å². The van der Waals surface area contributed by atoms with E-state index in [0.717, 1.165) is 35.6 Å². The molecule has 1 aromatic heterocycles. The molecule has 0 radical (unpaired) electrons. The van der Waals surface area contributed by atoms with Gasteiger partial charge in [0.05, 0.1) is 18.9 Å². The van der Waals surface area contributed by atoms with Crippen LogP contribution in [0.1, 0.15) is 29.6 Å². The number of carboxylic acids is 1. The van der Waals surface area contributed by atoms with E-state index in [1.807, 2.05) is 47.8 Å². The lowest BCUT2D eigenvalue weighted by Gasteiger charge is -2.26. The van der Waals surface area contributed by atoms with Crippen LogP contribution in [0.5, 0.6) is 0 Å². The zero-order valence-electron chi connectivity index (χ0n) is 17.5. The molecule has 3 aromatic rings. The first-order valence-electron chi connectivity index (χ1n) is 10.7. The average molecular weight is 450 g/mol. The molecule has 2 bridgehead atoms. The molecule has 4 atom stereocenters. The Morgan fingerprint density at radius 1 is 1.03 bits per heavy atom. The van der Waals surface area contributed by atoms with Crippen molar-refractivity contribution in [1.29, 1.82) is 0 Å². The summed E-state index contributed by atoms with van der Waals surface area (Å²) in [6, 6.07) is 13.9.